The molecule has 104 valence electrons. The van der Waals surface area contributed by atoms with E-state index in [1.807, 2.05) is 6.07 Å². The van der Waals surface area contributed by atoms with Crippen LogP contribution in [0.5, 0.6) is 0 Å². The highest BCUT2D eigenvalue weighted by Crippen LogP contribution is 2.34. The van der Waals surface area contributed by atoms with E-state index in [2.05, 4.69) is 10.3 Å². The lowest BCUT2D eigenvalue weighted by atomic mass is 10.3. The summed E-state index contributed by atoms with van der Waals surface area (Å²) >= 11 is 1.42. The van der Waals surface area contributed by atoms with Crippen molar-refractivity contribution in [2.45, 2.75) is 13.1 Å². The highest BCUT2D eigenvalue weighted by atomic mass is 32.1. The van der Waals surface area contributed by atoms with Crippen LogP contribution < -0.4 is 5.32 Å². The van der Waals surface area contributed by atoms with Crippen molar-refractivity contribution in [3.8, 4) is 6.07 Å². The maximum atomic E-state index is 12.4. The molecule has 9 heteroatoms. The number of amides is 1. The number of rotatable bonds is 2. The molecule has 0 aliphatic carbocycles. The molecule has 0 aromatic carbocycles. The fraction of sp³-hybridized carbons (Fsp3) is 0.182. The summed E-state index contributed by atoms with van der Waals surface area (Å²) in [7, 11) is 0. The highest BCUT2D eigenvalue weighted by molar-refractivity contribution is 7.16. The molecule has 0 unspecified atom stereocenters. The molecule has 1 amide bonds. The van der Waals surface area contributed by atoms with Crippen molar-refractivity contribution in [2.24, 2.45) is 0 Å². The van der Waals surface area contributed by atoms with Crippen LogP contribution >= 0.6 is 22.7 Å². The van der Waals surface area contributed by atoms with Crippen molar-refractivity contribution in [2.75, 3.05) is 5.32 Å². The molecule has 20 heavy (non-hydrogen) atoms. The molecular weight excluding hydrogens is 311 g/mol. The van der Waals surface area contributed by atoms with Crippen LogP contribution in [0.3, 0.4) is 0 Å². The number of carbonyl (C=O) groups excluding carboxylic acids is 1. The van der Waals surface area contributed by atoms with E-state index in [0.29, 0.717) is 21.9 Å². The Bertz CT molecular complexity index is 697. The second-order valence-corrected chi connectivity index (χ2v) is 5.61. The number of nitriles is 1. The van der Waals surface area contributed by atoms with Crippen LogP contribution in [0, 0.1) is 18.3 Å². The van der Waals surface area contributed by atoms with E-state index in [9.17, 15) is 18.0 Å². The number of thiazole rings is 1. The van der Waals surface area contributed by atoms with Crippen LogP contribution in [0.25, 0.3) is 0 Å². The van der Waals surface area contributed by atoms with Gasteiger partial charge in [-0.05, 0) is 13.0 Å². The van der Waals surface area contributed by atoms with Gasteiger partial charge in [-0.25, -0.2) is 4.98 Å². The number of hydrogen-bond acceptors (Lipinski definition) is 5. The fourth-order valence-corrected chi connectivity index (χ4v) is 2.84. The van der Waals surface area contributed by atoms with Gasteiger partial charge >= 0.3 is 6.18 Å². The molecule has 2 aromatic rings. The normalized spacial score (nSPS) is 11.2. The maximum absolute atomic E-state index is 12.4. The Kier molecular flexibility index (Phi) is 3.78. The van der Waals surface area contributed by atoms with Crippen molar-refractivity contribution in [1.29, 1.82) is 5.26 Å². The lowest BCUT2D eigenvalue weighted by Crippen LogP contribution is -2.11. The standard InChI is InChI=1S/C11H6F3N3OS2/c1-5-7(3-15)20-10(16-5)17-9(18)6-2-8(19-4-6)11(12,13)14/h2,4H,1H3,(H,16,17,18). The first-order chi connectivity index (χ1) is 9.31. The van der Waals surface area contributed by atoms with E-state index < -0.39 is 17.0 Å². The lowest BCUT2D eigenvalue weighted by molar-refractivity contribution is -0.134. The molecule has 0 bridgehead atoms. The van der Waals surface area contributed by atoms with E-state index in [0.717, 1.165) is 22.8 Å². The Labute approximate surface area is 119 Å². The molecule has 0 aliphatic heterocycles. The monoisotopic (exact) mass is 317 g/mol. The van der Waals surface area contributed by atoms with Crippen LogP contribution in [0.4, 0.5) is 18.3 Å². The van der Waals surface area contributed by atoms with Crippen molar-refractivity contribution in [3.05, 3.63) is 32.5 Å². The maximum Gasteiger partial charge on any atom is 0.425 e. The minimum Gasteiger partial charge on any atom is -0.298 e. The first-order valence-corrected chi connectivity index (χ1v) is 6.85. The minimum absolute atomic E-state index is 0.0892. The van der Waals surface area contributed by atoms with Crippen molar-refractivity contribution in [3.63, 3.8) is 0 Å². The third-order valence-corrected chi connectivity index (χ3v) is 4.21. The number of aryl methyl sites for hydroxylation is 1. The number of thiophene rings is 1. The predicted octanol–water partition coefficient (Wildman–Crippen LogP) is 3.66. The zero-order valence-electron chi connectivity index (χ0n) is 9.91. The first kappa shape index (κ1) is 14.5. The summed E-state index contributed by atoms with van der Waals surface area (Å²) in [6.45, 7) is 1.61. The van der Waals surface area contributed by atoms with Gasteiger partial charge in [-0.3, -0.25) is 10.1 Å². The number of halogens is 3. The second kappa shape index (κ2) is 5.22. The molecule has 0 aliphatic rings. The Balaban J connectivity index is 2.16. The van der Waals surface area contributed by atoms with Crippen LogP contribution in [0.1, 0.15) is 25.8 Å². The summed E-state index contributed by atoms with van der Waals surface area (Å²) < 4.78 is 37.3. The van der Waals surface area contributed by atoms with Crippen molar-refractivity contribution in [1.82, 2.24) is 4.98 Å². The van der Waals surface area contributed by atoms with Gasteiger partial charge in [-0.15, -0.1) is 11.3 Å². The Hall–Kier alpha value is -1.92. The molecule has 4 nitrogen and oxygen atoms in total. The van der Waals surface area contributed by atoms with Crippen molar-refractivity contribution < 1.29 is 18.0 Å². The summed E-state index contributed by atoms with van der Waals surface area (Å²) in [5.41, 5.74) is 0.378. The minimum atomic E-state index is -4.46. The van der Waals surface area contributed by atoms with Gasteiger partial charge in [0.15, 0.2) is 5.13 Å². The first-order valence-electron chi connectivity index (χ1n) is 5.16. The smallest absolute Gasteiger partial charge is 0.298 e. The van der Waals surface area contributed by atoms with Crippen molar-refractivity contribution >= 4 is 33.7 Å². The fourth-order valence-electron chi connectivity index (χ4n) is 1.33. The lowest BCUT2D eigenvalue weighted by Gasteiger charge is -2.01. The number of aromatic nitrogens is 1. The van der Waals surface area contributed by atoms with Gasteiger partial charge in [0.05, 0.1) is 11.3 Å². The van der Waals surface area contributed by atoms with Crippen LogP contribution in [0.2, 0.25) is 0 Å². The SMILES string of the molecule is Cc1nc(NC(=O)c2csc(C(F)(F)F)c2)sc1C#N. The second-order valence-electron chi connectivity index (χ2n) is 3.70. The van der Waals surface area contributed by atoms with E-state index in [4.69, 9.17) is 5.26 Å². The average molecular weight is 317 g/mol. The summed E-state index contributed by atoms with van der Waals surface area (Å²) in [6, 6.07) is 2.69. The number of nitrogens with zero attached hydrogens (tertiary/aromatic N) is 2. The summed E-state index contributed by atoms with van der Waals surface area (Å²) in [6.07, 6.45) is -4.46. The Morgan fingerprint density at radius 3 is 2.70 bits per heavy atom. The van der Waals surface area contributed by atoms with E-state index in [-0.39, 0.29) is 10.7 Å². The van der Waals surface area contributed by atoms with E-state index in [1.165, 1.54) is 0 Å². The van der Waals surface area contributed by atoms with Crippen LogP contribution in [-0.2, 0) is 6.18 Å². The molecule has 2 aromatic heterocycles. The summed E-state index contributed by atoms with van der Waals surface area (Å²) in [4.78, 5) is 15.2. The zero-order chi connectivity index (χ0) is 14.9. The molecule has 0 spiro atoms. The van der Waals surface area contributed by atoms with Gasteiger partial charge in [0.2, 0.25) is 0 Å². The molecule has 0 saturated carbocycles. The highest BCUT2D eigenvalue weighted by Gasteiger charge is 2.33. The van der Waals surface area contributed by atoms with Gasteiger partial charge in [0.1, 0.15) is 15.8 Å². The van der Waals surface area contributed by atoms with E-state index >= 15 is 0 Å². The van der Waals surface area contributed by atoms with Crippen LogP contribution in [-0.4, -0.2) is 10.9 Å². The molecule has 2 heterocycles. The number of carbonyl (C=O) groups is 1. The van der Waals surface area contributed by atoms with Gasteiger partial charge in [-0.2, -0.15) is 18.4 Å². The van der Waals surface area contributed by atoms with Gasteiger partial charge in [-0.1, -0.05) is 11.3 Å². The summed E-state index contributed by atoms with van der Waals surface area (Å²) in [5, 5.41) is 12.4. The number of hydrogen-bond donors (Lipinski definition) is 1. The summed E-state index contributed by atoms with van der Waals surface area (Å²) in [5.74, 6) is -0.685. The molecule has 0 radical (unpaired) electrons. The number of alkyl halides is 3. The molecule has 0 fully saturated rings. The third kappa shape index (κ3) is 2.97. The quantitative estimate of drug-likeness (QED) is 0.919. The topological polar surface area (TPSA) is 65.8 Å². The third-order valence-electron chi connectivity index (χ3n) is 2.26. The number of anilines is 1. The molecule has 0 atom stereocenters. The van der Waals surface area contributed by atoms with Gasteiger partial charge in [0.25, 0.3) is 5.91 Å². The molecule has 2 rings (SSSR count). The van der Waals surface area contributed by atoms with Crippen LogP contribution in [0.15, 0.2) is 11.4 Å². The average Bonchev–Trinajstić information content (AvgIpc) is 2.95. The Morgan fingerprint density at radius 2 is 2.20 bits per heavy atom. The van der Waals surface area contributed by atoms with E-state index in [1.54, 1.807) is 6.92 Å². The molecule has 1 N–H and O–H groups in total. The zero-order valence-corrected chi connectivity index (χ0v) is 11.5. The molecule has 0 saturated heterocycles. The number of nitrogens with one attached hydrogen (secondary N) is 1. The largest absolute Gasteiger partial charge is 0.425 e. The molecular formula is C11H6F3N3OS2. The van der Waals surface area contributed by atoms with Gasteiger partial charge in [0, 0.05) is 5.38 Å². The predicted molar refractivity (Wildman–Crippen MR) is 68.8 cm³/mol. The van der Waals surface area contributed by atoms with Gasteiger partial charge < -0.3 is 0 Å². The Morgan fingerprint density at radius 1 is 1.50 bits per heavy atom.